The maximum absolute atomic E-state index is 11.9. The maximum atomic E-state index is 11.9. The Labute approximate surface area is 84.4 Å². The Morgan fingerprint density at radius 2 is 2.29 bits per heavy atom. The number of carbonyl (C=O) groups excluding carboxylic acids is 1. The Morgan fingerprint density at radius 3 is 2.64 bits per heavy atom. The number of carbonyl (C=O) groups is 1. The second kappa shape index (κ2) is 4.57. The summed E-state index contributed by atoms with van der Waals surface area (Å²) in [7, 11) is 0. The van der Waals surface area contributed by atoms with E-state index in [0.29, 0.717) is 13.1 Å². The quantitative estimate of drug-likeness (QED) is 0.605. The number of nitrogens with two attached hydrogens (primary N) is 1. The van der Waals surface area contributed by atoms with Gasteiger partial charge in [-0.05, 0) is 19.3 Å². The smallest absolute Gasteiger partial charge is 0.243 e. The van der Waals surface area contributed by atoms with Crippen LogP contribution in [0.1, 0.15) is 19.3 Å². The third-order valence-corrected chi connectivity index (χ3v) is 2.68. The van der Waals surface area contributed by atoms with Gasteiger partial charge in [0.1, 0.15) is 0 Å². The van der Waals surface area contributed by atoms with Crippen molar-refractivity contribution in [3.8, 4) is 0 Å². The monoisotopic (exact) mass is 198 g/mol. The summed E-state index contributed by atoms with van der Waals surface area (Å²) in [6, 6.07) is 0. The summed E-state index contributed by atoms with van der Waals surface area (Å²) in [5.74, 6) is -0.0577. The molecule has 1 fully saturated rings. The fraction of sp³-hybridized carbons (Fsp3) is 0.700. The highest BCUT2D eigenvalue weighted by Gasteiger charge is 2.42. The molecule has 1 amide bonds. The van der Waals surface area contributed by atoms with Crippen LogP contribution < -0.4 is 5.73 Å². The van der Waals surface area contributed by atoms with Crippen LogP contribution in [0, 0.1) is 0 Å². The molecule has 1 rings (SSSR count). The van der Waals surface area contributed by atoms with Gasteiger partial charge in [-0.1, -0.05) is 6.08 Å². The van der Waals surface area contributed by atoms with E-state index in [1.165, 1.54) is 0 Å². The first kappa shape index (κ1) is 11.2. The molecule has 80 valence electrons. The van der Waals surface area contributed by atoms with Crippen LogP contribution in [0.3, 0.4) is 0 Å². The van der Waals surface area contributed by atoms with Crippen molar-refractivity contribution in [1.29, 1.82) is 0 Å². The summed E-state index contributed by atoms with van der Waals surface area (Å²) in [6.45, 7) is 4.34. The highest BCUT2D eigenvalue weighted by Crippen LogP contribution is 2.30. The number of hydrogen-bond donors (Lipinski definition) is 2. The lowest BCUT2D eigenvalue weighted by molar-refractivity contribution is -0.140. The Hall–Kier alpha value is -0.870. The molecule has 0 spiro atoms. The van der Waals surface area contributed by atoms with Gasteiger partial charge >= 0.3 is 0 Å². The van der Waals surface area contributed by atoms with Gasteiger partial charge in [0.25, 0.3) is 0 Å². The summed E-state index contributed by atoms with van der Waals surface area (Å²) in [5.41, 5.74) is 5.23. The van der Waals surface area contributed by atoms with Gasteiger partial charge in [-0.2, -0.15) is 0 Å². The standard InChI is InChI=1S/C10H18N2O2/c1-2-6-12(7-8-13)9(14)10(11)4-3-5-10/h2,13H,1,3-8,11H2. The molecular formula is C10H18N2O2. The minimum absolute atomic E-state index is 0.0321. The van der Waals surface area contributed by atoms with Gasteiger partial charge in [-0.3, -0.25) is 4.79 Å². The Morgan fingerprint density at radius 1 is 1.64 bits per heavy atom. The van der Waals surface area contributed by atoms with Crippen molar-refractivity contribution in [2.45, 2.75) is 24.8 Å². The molecule has 1 saturated carbocycles. The molecule has 0 aliphatic heterocycles. The van der Waals surface area contributed by atoms with Gasteiger partial charge in [0.15, 0.2) is 0 Å². The largest absolute Gasteiger partial charge is 0.395 e. The van der Waals surface area contributed by atoms with E-state index in [0.717, 1.165) is 19.3 Å². The van der Waals surface area contributed by atoms with Crippen LogP contribution in [-0.2, 0) is 4.79 Å². The average Bonchev–Trinajstić information content (AvgIpc) is 2.13. The highest BCUT2D eigenvalue weighted by atomic mass is 16.3. The van der Waals surface area contributed by atoms with Crippen LogP contribution in [0.2, 0.25) is 0 Å². The molecule has 0 aromatic rings. The van der Waals surface area contributed by atoms with Crippen LogP contribution in [-0.4, -0.2) is 41.1 Å². The number of aliphatic hydroxyl groups is 1. The third-order valence-electron chi connectivity index (χ3n) is 2.68. The molecular weight excluding hydrogens is 180 g/mol. The van der Waals surface area contributed by atoms with Crippen molar-refractivity contribution in [1.82, 2.24) is 4.90 Å². The van der Waals surface area contributed by atoms with Crippen LogP contribution in [0.4, 0.5) is 0 Å². The van der Waals surface area contributed by atoms with E-state index in [-0.39, 0.29) is 12.5 Å². The molecule has 0 radical (unpaired) electrons. The molecule has 4 nitrogen and oxygen atoms in total. The average molecular weight is 198 g/mol. The van der Waals surface area contributed by atoms with Gasteiger partial charge in [-0.25, -0.2) is 0 Å². The van der Waals surface area contributed by atoms with E-state index in [2.05, 4.69) is 6.58 Å². The summed E-state index contributed by atoms with van der Waals surface area (Å²) >= 11 is 0. The van der Waals surface area contributed by atoms with Crippen molar-refractivity contribution in [2.24, 2.45) is 5.73 Å². The summed E-state index contributed by atoms with van der Waals surface area (Å²) in [4.78, 5) is 13.4. The first-order chi connectivity index (χ1) is 6.64. The maximum Gasteiger partial charge on any atom is 0.243 e. The van der Waals surface area contributed by atoms with Crippen LogP contribution in [0.15, 0.2) is 12.7 Å². The van der Waals surface area contributed by atoms with Crippen LogP contribution in [0.25, 0.3) is 0 Å². The zero-order chi connectivity index (χ0) is 10.6. The molecule has 4 heteroatoms. The van der Waals surface area contributed by atoms with Gasteiger partial charge in [0.05, 0.1) is 12.1 Å². The predicted octanol–water partition coefficient (Wildman–Crippen LogP) is -0.125. The van der Waals surface area contributed by atoms with Gasteiger partial charge in [-0.15, -0.1) is 6.58 Å². The SMILES string of the molecule is C=CCN(CCO)C(=O)C1(N)CCC1. The number of rotatable bonds is 5. The number of hydrogen-bond acceptors (Lipinski definition) is 3. The van der Waals surface area contributed by atoms with Crippen LogP contribution in [0.5, 0.6) is 0 Å². The number of aliphatic hydroxyl groups excluding tert-OH is 1. The Balaban J connectivity index is 2.57. The van der Waals surface area contributed by atoms with E-state index in [9.17, 15) is 4.79 Å². The molecule has 14 heavy (non-hydrogen) atoms. The fourth-order valence-electron chi connectivity index (χ4n) is 1.64. The lowest BCUT2D eigenvalue weighted by Gasteiger charge is -2.40. The molecule has 3 N–H and O–H groups in total. The van der Waals surface area contributed by atoms with Crippen molar-refractivity contribution >= 4 is 5.91 Å². The molecule has 0 heterocycles. The predicted molar refractivity (Wildman–Crippen MR) is 54.6 cm³/mol. The highest BCUT2D eigenvalue weighted by molar-refractivity contribution is 5.87. The zero-order valence-corrected chi connectivity index (χ0v) is 8.41. The van der Waals surface area contributed by atoms with Crippen LogP contribution >= 0.6 is 0 Å². The van der Waals surface area contributed by atoms with E-state index in [4.69, 9.17) is 10.8 Å². The van der Waals surface area contributed by atoms with Gasteiger partial charge in [0, 0.05) is 13.1 Å². The van der Waals surface area contributed by atoms with Gasteiger partial charge < -0.3 is 15.7 Å². The van der Waals surface area contributed by atoms with Crippen molar-refractivity contribution in [3.05, 3.63) is 12.7 Å². The summed E-state index contributed by atoms with van der Waals surface area (Å²) < 4.78 is 0. The number of amides is 1. The molecule has 0 saturated heterocycles. The molecule has 1 aliphatic carbocycles. The zero-order valence-electron chi connectivity index (χ0n) is 8.41. The fourth-order valence-corrected chi connectivity index (χ4v) is 1.64. The lowest BCUT2D eigenvalue weighted by atomic mass is 9.76. The second-order valence-corrected chi connectivity index (χ2v) is 3.77. The molecule has 0 aromatic carbocycles. The Kier molecular flexibility index (Phi) is 3.66. The molecule has 0 atom stereocenters. The minimum Gasteiger partial charge on any atom is -0.395 e. The summed E-state index contributed by atoms with van der Waals surface area (Å²) in [6.07, 6.45) is 4.18. The van der Waals surface area contributed by atoms with E-state index in [1.807, 2.05) is 0 Å². The van der Waals surface area contributed by atoms with E-state index < -0.39 is 5.54 Å². The first-order valence-electron chi connectivity index (χ1n) is 4.94. The molecule has 0 unspecified atom stereocenters. The third kappa shape index (κ3) is 2.13. The normalized spacial score (nSPS) is 18.4. The first-order valence-corrected chi connectivity index (χ1v) is 4.94. The van der Waals surface area contributed by atoms with Crippen molar-refractivity contribution in [2.75, 3.05) is 19.7 Å². The van der Waals surface area contributed by atoms with Crippen molar-refractivity contribution < 1.29 is 9.90 Å². The van der Waals surface area contributed by atoms with Crippen molar-refractivity contribution in [3.63, 3.8) is 0 Å². The van der Waals surface area contributed by atoms with Gasteiger partial charge in [0.2, 0.25) is 5.91 Å². The molecule has 1 aliphatic rings. The summed E-state index contributed by atoms with van der Waals surface area (Å²) in [5, 5.41) is 8.80. The minimum atomic E-state index is -0.668. The molecule has 0 aromatic heterocycles. The Bertz CT molecular complexity index is 224. The topological polar surface area (TPSA) is 66.6 Å². The molecule has 0 bridgehead atoms. The second-order valence-electron chi connectivity index (χ2n) is 3.77. The number of nitrogens with zero attached hydrogens (tertiary/aromatic N) is 1. The van der Waals surface area contributed by atoms with E-state index >= 15 is 0 Å². The van der Waals surface area contributed by atoms with E-state index in [1.54, 1.807) is 11.0 Å². The lowest BCUT2D eigenvalue weighted by Crippen LogP contribution is -2.59.